The third-order valence-electron chi connectivity index (χ3n) is 6.55. The molecule has 0 bridgehead atoms. The lowest BCUT2D eigenvalue weighted by molar-refractivity contribution is 0.00578. The van der Waals surface area contributed by atoms with E-state index in [0.29, 0.717) is 23.1 Å². The van der Waals surface area contributed by atoms with Crippen molar-refractivity contribution in [1.29, 1.82) is 0 Å². The predicted molar refractivity (Wildman–Crippen MR) is 143 cm³/mol. The Kier molecular flexibility index (Phi) is 8.08. The molecule has 0 aromatic heterocycles. The molecule has 8 heteroatoms. The lowest BCUT2D eigenvalue weighted by Crippen LogP contribution is -2.41. The van der Waals surface area contributed by atoms with Crippen molar-refractivity contribution in [2.75, 3.05) is 6.61 Å². The van der Waals surface area contributed by atoms with Crippen LogP contribution in [0.5, 0.6) is 5.75 Å². The lowest BCUT2D eigenvalue weighted by atomic mass is 9.79. The standard InChI is InChI=1S/C28H34BO6P/c1-6-31-25-17-24(29-34-27(2,3)28(4,5)35-29)18-26(19-25)36(30,32-20-22-13-9-7-10-14-22)33-21-23-15-11-8-12-16-23/h7-19H,6,20-21H2,1-5H3. The summed E-state index contributed by atoms with van der Waals surface area (Å²) in [5.74, 6) is 0.548. The monoisotopic (exact) mass is 508 g/mol. The number of rotatable bonds is 10. The predicted octanol–water partition coefficient (Wildman–Crippen LogP) is 5.64. The van der Waals surface area contributed by atoms with E-state index in [9.17, 15) is 4.57 Å². The number of benzene rings is 3. The Bertz CT molecular complexity index is 1140. The van der Waals surface area contributed by atoms with Crippen LogP contribution in [-0.4, -0.2) is 24.9 Å². The summed E-state index contributed by atoms with van der Waals surface area (Å²) in [6, 6.07) is 24.6. The fourth-order valence-electron chi connectivity index (χ4n) is 3.78. The van der Waals surface area contributed by atoms with Gasteiger partial charge in [0.25, 0.3) is 0 Å². The second kappa shape index (κ2) is 10.9. The molecule has 0 atom stereocenters. The van der Waals surface area contributed by atoms with Gasteiger partial charge in [-0.3, -0.25) is 4.57 Å². The first kappa shape index (κ1) is 26.7. The van der Waals surface area contributed by atoms with Gasteiger partial charge in [0.05, 0.1) is 36.3 Å². The van der Waals surface area contributed by atoms with Gasteiger partial charge in [-0.15, -0.1) is 0 Å². The summed E-state index contributed by atoms with van der Waals surface area (Å²) >= 11 is 0. The lowest BCUT2D eigenvalue weighted by Gasteiger charge is -2.32. The van der Waals surface area contributed by atoms with E-state index in [-0.39, 0.29) is 13.2 Å². The van der Waals surface area contributed by atoms with Crippen LogP contribution in [0.25, 0.3) is 0 Å². The molecule has 4 rings (SSSR count). The van der Waals surface area contributed by atoms with E-state index in [1.54, 1.807) is 12.1 Å². The second-order valence-corrected chi connectivity index (χ2v) is 11.8. The minimum atomic E-state index is -3.78. The number of hydrogen-bond donors (Lipinski definition) is 0. The summed E-state index contributed by atoms with van der Waals surface area (Å²) in [6.07, 6.45) is 0. The largest absolute Gasteiger partial charge is 0.494 e. The van der Waals surface area contributed by atoms with E-state index in [4.69, 9.17) is 23.1 Å². The van der Waals surface area contributed by atoms with Crippen molar-refractivity contribution in [1.82, 2.24) is 0 Å². The molecule has 36 heavy (non-hydrogen) atoms. The molecule has 1 aliphatic rings. The Hall–Kier alpha value is -2.41. The van der Waals surface area contributed by atoms with Crippen LogP contribution in [-0.2, 0) is 36.1 Å². The van der Waals surface area contributed by atoms with Gasteiger partial charge in [0.15, 0.2) is 0 Å². The first-order chi connectivity index (χ1) is 17.1. The maximum Gasteiger partial charge on any atom is 0.494 e. The van der Waals surface area contributed by atoms with E-state index < -0.39 is 25.9 Å². The van der Waals surface area contributed by atoms with Crippen LogP contribution in [0, 0.1) is 0 Å². The van der Waals surface area contributed by atoms with Crippen LogP contribution >= 0.6 is 7.60 Å². The molecule has 0 unspecified atom stereocenters. The minimum absolute atomic E-state index is 0.137. The van der Waals surface area contributed by atoms with Crippen LogP contribution < -0.4 is 15.5 Å². The molecule has 1 aliphatic heterocycles. The Morgan fingerprint density at radius 2 is 1.28 bits per heavy atom. The molecule has 0 spiro atoms. The zero-order valence-electron chi connectivity index (χ0n) is 21.6. The SMILES string of the molecule is CCOc1cc(B2OC(C)(C)C(C)(C)O2)cc(P(=O)(OCc2ccccc2)OCc2ccccc2)c1. The van der Waals surface area contributed by atoms with Crippen LogP contribution in [0.4, 0.5) is 0 Å². The third kappa shape index (κ3) is 6.11. The van der Waals surface area contributed by atoms with Crippen LogP contribution in [0.15, 0.2) is 78.9 Å². The Labute approximate surface area is 214 Å². The molecule has 0 amide bonds. The first-order valence-electron chi connectivity index (χ1n) is 12.2. The maximum atomic E-state index is 14.4. The van der Waals surface area contributed by atoms with Gasteiger partial charge < -0.3 is 23.1 Å². The van der Waals surface area contributed by atoms with Crippen molar-refractivity contribution < 1.29 is 27.7 Å². The van der Waals surface area contributed by atoms with E-state index in [1.165, 1.54) is 0 Å². The maximum absolute atomic E-state index is 14.4. The second-order valence-electron chi connectivity index (χ2n) is 9.80. The quantitative estimate of drug-likeness (QED) is 0.261. The average molecular weight is 508 g/mol. The zero-order chi connectivity index (χ0) is 25.8. The summed E-state index contributed by atoms with van der Waals surface area (Å²) in [6.45, 7) is 10.6. The molecule has 0 aliphatic carbocycles. The van der Waals surface area contributed by atoms with Crippen molar-refractivity contribution in [3.63, 3.8) is 0 Å². The minimum Gasteiger partial charge on any atom is -0.494 e. The first-order valence-corrected chi connectivity index (χ1v) is 13.8. The van der Waals surface area contributed by atoms with Crippen LogP contribution in [0.2, 0.25) is 0 Å². The highest BCUT2D eigenvalue weighted by Crippen LogP contribution is 2.49. The van der Waals surface area contributed by atoms with E-state index in [2.05, 4.69) is 0 Å². The fourth-order valence-corrected chi connectivity index (χ4v) is 5.39. The van der Waals surface area contributed by atoms with Gasteiger partial charge in [0, 0.05) is 0 Å². The molecule has 6 nitrogen and oxygen atoms in total. The summed E-state index contributed by atoms with van der Waals surface area (Å²) in [7, 11) is -4.42. The molecule has 1 heterocycles. The smallest absolute Gasteiger partial charge is 0.494 e. The van der Waals surface area contributed by atoms with Gasteiger partial charge in [0.1, 0.15) is 5.75 Å². The number of hydrogen-bond acceptors (Lipinski definition) is 6. The van der Waals surface area contributed by atoms with Crippen LogP contribution in [0.1, 0.15) is 45.7 Å². The van der Waals surface area contributed by atoms with E-state index in [0.717, 1.165) is 11.1 Å². The van der Waals surface area contributed by atoms with E-state index in [1.807, 2.05) is 101 Å². The fraction of sp³-hybridized carbons (Fsp3) is 0.357. The van der Waals surface area contributed by atoms with Gasteiger partial charge in [-0.2, -0.15) is 0 Å². The van der Waals surface area contributed by atoms with Gasteiger partial charge in [0.2, 0.25) is 0 Å². The van der Waals surface area contributed by atoms with Crippen molar-refractivity contribution in [3.8, 4) is 5.75 Å². The highest BCUT2D eigenvalue weighted by molar-refractivity contribution is 7.62. The molecule has 0 N–H and O–H groups in total. The van der Waals surface area contributed by atoms with Crippen molar-refractivity contribution in [2.24, 2.45) is 0 Å². The molecule has 190 valence electrons. The summed E-state index contributed by atoms with van der Waals surface area (Å²) in [5, 5.41) is 0.394. The van der Waals surface area contributed by atoms with Gasteiger partial charge in [-0.05, 0) is 69.4 Å². The van der Waals surface area contributed by atoms with Crippen molar-refractivity contribution in [3.05, 3.63) is 90.0 Å². The Morgan fingerprint density at radius 3 is 1.75 bits per heavy atom. The Morgan fingerprint density at radius 1 is 0.778 bits per heavy atom. The summed E-state index contributed by atoms with van der Waals surface area (Å²) in [5.41, 5.74) is 1.45. The topological polar surface area (TPSA) is 63.2 Å². The van der Waals surface area contributed by atoms with Crippen LogP contribution in [0.3, 0.4) is 0 Å². The normalized spacial score (nSPS) is 16.8. The van der Waals surface area contributed by atoms with Gasteiger partial charge in [-0.25, -0.2) is 0 Å². The van der Waals surface area contributed by atoms with E-state index >= 15 is 0 Å². The highest BCUT2D eigenvalue weighted by atomic mass is 31.2. The van der Waals surface area contributed by atoms with Crippen molar-refractivity contribution in [2.45, 2.75) is 59.0 Å². The molecule has 1 saturated heterocycles. The molecular formula is C28H34BO6P. The molecule has 0 radical (unpaired) electrons. The molecule has 3 aromatic rings. The summed E-state index contributed by atoms with van der Waals surface area (Å²) in [4.78, 5) is 0. The third-order valence-corrected chi connectivity index (χ3v) is 8.38. The van der Waals surface area contributed by atoms with Crippen molar-refractivity contribution >= 4 is 25.5 Å². The summed E-state index contributed by atoms with van der Waals surface area (Å²) < 4.78 is 44.8. The van der Waals surface area contributed by atoms with Gasteiger partial charge in [-0.1, -0.05) is 60.7 Å². The molecule has 1 fully saturated rings. The van der Waals surface area contributed by atoms with Gasteiger partial charge >= 0.3 is 14.7 Å². The highest BCUT2D eigenvalue weighted by Gasteiger charge is 2.52. The Balaban J connectivity index is 1.70. The molecule has 0 saturated carbocycles. The molecular weight excluding hydrogens is 474 g/mol. The average Bonchev–Trinajstić information content (AvgIpc) is 3.09. The molecule has 3 aromatic carbocycles. The number of ether oxygens (including phenoxy) is 1. The zero-order valence-corrected chi connectivity index (χ0v) is 22.5.